The van der Waals surface area contributed by atoms with E-state index >= 15 is 0 Å². The SMILES string of the molecule is Cc1ccc(NC(=O)C(C)NCC(F)F)cc1. The molecule has 0 heterocycles. The van der Waals surface area contributed by atoms with Crippen molar-refractivity contribution in [1.29, 1.82) is 0 Å². The summed E-state index contributed by atoms with van der Waals surface area (Å²) in [5.74, 6) is -0.325. The third-order valence-electron chi connectivity index (χ3n) is 2.29. The molecule has 17 heavy (non-hydrogen) atoms. The van der Waals surface area contributed by atoms with Crippen LogP contribution in [-0.2, 0) is 4.79 Å². The van der Waals surface area contributed by atoms with Gasteiger partial charge < -0.3 is 10.6 Å². The second-order valence-electron chi connectivity index (χ2n) is 3.88. The molecule has 5 heteroatoms. The molecule has 1 aromatic carbocycles. The molecule has 3 nitrogen and oxygen atoms in total. The van der Waals surface area contributed by atoms with E-state index in [-0.39, 0.29) is 5.91 Å². The van der Waals surface area contributed by atoms with E-state index in [2.05, 4.69) is 10.6 Å². The lowest BCUT2D eigenvalue weighted by atomic mass is 10.2. The number of amides is 1. The molecule has 0 aromatic heterocycles. The second kappa shape index (κ2) is 6.30. The van der Waals surface area contributed by atoms with E-state index in [1.54, 1.807) is 19.1 Å². The molecule has 0 aliphatic rings. The molecule has 0 saturated heterocycles. The first-order chi connectivity index (χ1) is 7.99. The van der Waals surface area contributed by atoms with Crippen LogP contribution < -0.4 is 10.6 Å². The largest absolute Gasteiger partial charge is 0.325 e. The van der Waals surface area contributed by atoms with Crippen molar-refractivity contribution in [3.05, 3.63) is 29.8 Å². The fraction of sp³-hybridized carbons (Fsp3) is 0.417. The maximum Gasteiger partial charge on any atom is 0.250 e. The van der Waals surface area contributed by atoms with Gasteiger partial charge in [-0.05, 0) is 26.0 Å². The molecule has 0 bridgehead atoms. The zero-order valence-corrected chi connectivity index (χ0v) is 9.84. The summed E-state index contributed by atoms with van der Waals surface area (Å²) in [7, 11) is 0. The number of carbonyl (C=O) groups is 1. The summed E-state index contributed by atoms with van der Waals surface area (Å²) in [5.41, 5.74) is 1.75. The van der Waals surface area contributed by atoms with E-state index in [4.69, 9.17) is 0 Å². The van der Waals surface area contributed by atoms with E-state index in [1.807, 2.05) is 19.1 Å². The molecule has 1 atom stereocenters. The van der Waals surface area contributed by atoms with Crippen molar-refractivity contribution < 1.29 is 13.6 Å². The first kappa shape index (κ1) is 13.6. The van der Waals surface area contributed by atoms with Crippen molar-refractivity contribution in [2.45, 2.75) is 26.3 Å². The Morgan fingerprint density at radius 3 is 2.41 bits per heavy atom. The molecular weight excluding hydrogens is 226 g/mol. The van der Waals surface area contributed by atoms with Crippen LogP contribution in [-0.4, -0.2) is 24.9 Å². The van der Waals surface area contributed by atoms with Gasteiger partial charge in [0.05, 0.1) is 12.6 Å². The average molecular weight is 242 g/mol. The Morgan fingerprint density at radius 1 is 1.29 bits per heavy atom. The molecule has 94 valence electrons. The highest BCUT2D eigenvalue weighted by Crippen LogP contribution is 2.08. The average Bonchev–Trinajstić information content (AvgIpc) is 2.28. The van der Waals surface area contributed by atoms with Crippen molar-refractivity contribution in [1.82, 2.24) is 5.32 Å². The number of aryl methyl sites for hydroxylation is 1. The number of hydrogen-bond acceptors (Lipinski definition) is 2. The van der Waals surface area contributed by atoms with E-state index < -0.39 is 19.0 Å². The minimum absolute atomic E-state index is 0.325. The highest BCUT2D eigenvalue weighted by Gasteiger charge is 2.14. The van der Waals surface area contributed by atoms with Gasteiger partial charge in [-0.3, -0.25) is 4.79 Å². The lowest BCUT2D eigenvalue weighted by molar-refractivity contribution is -0.117. The fourth-order valence-electron chi connectivity index (χ4n) is 1.25. The van der Waals surface area contributed by atoms with Gasteiger partial charge in [-0.2, -0.15) is 0 Å². The maximum atomic E-state index is 11.9. The third-order valence-corrected chi connectivity index (χ3v) is 2.29. The molecule has 0 aliphatic heterocycles. The lowest BCUT2D eigenvalue weighted by Crippen LogP contribution is -2.40. The summed E-state index contributed by atoms with van der Waals surface area (Å²) < 4.78 is 23.9. The lowest BCUT2D eigenvalue weighted by Gasteiger charge is -2.13. The van der Waals surface area contributed by atoms with Gasteiger partial charge in [0.15, 0.2) is 0 Å². The van der Waals surface area contributed by atoms with Gasteiger partial charge in [0.1, 0.15) is 0 Å². The molecule has 1 aromatic rings. The van der Waals surface area contributed by atoms with Gasteiger partial charge >= 0.3 is 0 Å². The number of halogens is 2. The molecular formula is C12H16F2N2O. The summed E-state index contributed by atoms with van der Waals surface area (Å²) >= 11 is 0. The Morgan fingerprint density at radius 2 is 1.88 bits per heavy atom. The van der Waals surface area contributed by atoms with Crippen molar-refractivity contribution in [3.63, 3.8) is 0 Å². The summed E-state index contributed by atoms with van der Waals surface area (Å²) in [6, 6.07) is 6.63. The van der Waals surface area contributed by atoms with E-state index in [0.717, 1.165) is 5.56 Å². The van der Waals surface area contributed by atoms with Gasteiger partial charge in [0, 0.05) is 5.69 Å². The van der Waals surface area contributed by atoms with Crippen LogP contribution in [0.4, 0.5) is 14.5 Å². The second-order valence-corrected chi connectivity index (χ2v) is 3.88. The smallest absolute Gasteiger partial charge is 0.250 e. The molecule has 0 fully saturated rings. The Bertz CT molecular complexity index is 365. The zero-order valence-electron chi connectivity index (χ0n) is 9.84. The van der Waals surface area contributed by atoms with E-state index in [9.17, 15) is 13.6 Å². The molecule has 1 amide bonds. The molecule has 1 unspecified atom stereocenters. The highest BCUT2D eigenvalue weighted by molar-refractivity contribution is 5.94. The predicted molar refractivity (Wildman–Crippen MR) is 63.3 cm³/mol. The molecule has 1 rings (SSSR count). The Kier molecular flexibility index (Phi) is 5.03. The standard InChI is InChI=1S/C12H16F2N2O/c1-8-3-5-10(6-4-8)16-12(17)9(2)15-7-11(13)14/h3-6,9,11,15H,7H2,1-2H3,(H,16,17). The number of anilines is 1. The van der Waals surface area contributed by atoms with Gasteiger partial charge in [0.2, 0.25) is 5.91 Å². The summed E-state index contributed by atoms with van der Waals surface area (Å²) in [5, 5.41) is 5.10. The summed E-state index contributed by atoms with van der Waals surface area (Å²) in [4.78, 5) is 11.6. The normalized spacial score (nSPS) is 12.5. The van der Waals surface area contributed by atoms with Gasteiger partial charge in [0.25, 0.3) is 6.43 Å². The van der Waals surface area contributed by atoms with Crippen LogP contribution in [0.3, 0.4) is 0 Å². The number of carbonyl (C=O) groups excluding carboxylic acids is 1. The fourth-order valence-corrected chi connectivity index (χ4v) is 1.25. The van der Waals surface area contributed by atoms with Crippen LogP contribution in [0.5, 0.6) is 0 Å². The molecule has 0 aliphatic carbocycles. The number of rotatable bonds is 5. The first-order valence-corrected chi connectivity index (χ1v) is 5.38. The van der Waals surface area contributed by atoms with Crippen LogP contribution >= 0.6 is 0 Å². The molecule has 0 saturated carbocycles. The number of alkyl halides is 2. The van der Waals surface area contributed by atoms with Crippen molar-refractivity contribution >= 4 is 11.6 Å². The van der Waals surface area contributed by atoms with Crippen molar-refractivity contribution in [3.8, 4) is 0 Å². The minimum Gasteiger partial charge on any atom is -0.325 e. The van der Waals surface area contributed by atoms with Crippen LogP contribution in [0, 0.1) is 6.92 Å². The Labute approximate surface area is 99.2 Å². The topological polar surface area (TPSA) is 41.1 Å². The maximum absolute atomic E-state index is 11.9. The van der Waals surface area contributed by atoms with Crippen LogP contribution in [0.25, 0.3) is 0 Å². The predicted octanol–water partition coefficient (Wildman–Crippen LogP) is 2.18. The quantitative estimate of drug-likeness (QED) is 0.831. The Hall–Kier alpha value is -1.49. The zero-order chi connectivity index (χ0) is 12.8. The van der Waals surface area contributed by atoms with Gasteiger partial charge in [-0.15, -0.1) is 0 Å². The summed E-state index contributed by atoms with van der Waals surface area (Å²) in [6.07, 6.45) is -2.45. The monoisotopic (exact) mass is 242 g/mol. The summed E-state index contributed by atoms with van der Waals surface area (Å²) in [6.45, 7) is 3.01. The third kappa shape index (κ3) is 4.91. The Balaban J connectivity index is 2.45. The van der Waals surface area contributed by atoms with Crippen molar-refractivity contribution in [2.75, 3.05) is 11.9 Å². The number of nitrogens with one attached hydrogen (secondary N) is 2. The van der Waals surface area contributed by atoms with Crippen LogP contribution in [0.2, 0.25) is 0 Å². The van der Waals surface area contributed by atoms with E-state index in [0.29, 0.717) is 5.69 Å². The molecule has 2 N–H and O–H groups in total. The van der Waals surface area contributed by atoms with Crippen LogP contribution in [0.15, 0.2) is 24.3 Å². The van der Waals surface area contributed by atoms with Crippen LogP contribution in [0.1, 0.15) is 12.5 Å². The molecule has 0 radical (unpaired) electrons. The van der Waals surface area contributed by atoms with Crippen molar-refractivity contribution in [2.24, 2.45) is 0 Å². The molecule has 0 spiro atoms. The van der Waals surface area contributed by atoms with E-state index in [1.165, 1.54) is 0 Å². The minimum atomic E-state index is -2.45. The number of benzene rings is 1. The first-order valence-electron chi connectivity index (χ1n) is 5.38. The number of hydrogen-bond donors (Lipinski definition) is 2. The van der Waals surface area contributed by atoms with Gasteiger partial charge in [-0.25, -0.2) is 8.78 Å². The highest BCUT2D eigenvalue weighted by atomic mass is 19.3. The van der Waals surface area contributed by atoms with Gasteiger partial charge in [-0.1, -0.05) is 17.7 Å².